The number of carbonyl (C=O) groups is 1. The van der Waals surface area contributed by atoms with Crippen molar-refractivity contribution in [3.05, 3.63) is 59.9 Å². The lowest BCUT2D eigenvalue weighted by Gasteiger charge is -2.16. The number of nitrogens with zero attached hydrogens (tertiary/aromatic N) is 2. The molecule has 0 fully saturated rings. The zero-order valence-electron chi connectivity index (χ0n) is 16.5. The minimum Gasteiger partial charge on any atom is -0.336 e. The summed E-state index contributed by atoms with van der Waals surface area (Å²) in [7, 11) is 0. The van der Waals surface area contributed by atoms with E-state index in [0.717, 1.165) is 47.1 Å². The lowest BCUT2D eigenvalue weighted by Crippen LogP contribution is -2.33. The maximum absolute atomic E-state index is 12.7. The Kier molecular flexibility index (Phi) is 5.06. The van der Waals surface area contributed by atoms with Gasteiger partial charge >= 0.3 is 0 Å². The van der Waals surface area contributed by atoms with Gasteiger partial charge < -0.3 is 26.3 Å². The van der Waals surface area contributed by atoms with Crippen molar-refractivity contribution < 1.29 is 4.79 Å². The second kappa shape index (κ2) is 8.17. The largest absolute Gasteiger partial charge is 0.336 e. The molecule has 2 aromatic carbocycles. The zero-order chi connectivity index (χ0) is 21.2. The number of benzene rings is 2. The molecule has 5 rings (SSSR count). The lowest BCUT2D eigenvalue weighted by molar-refractivity contribution is 0.102. The van der Waals surface area contributed by atoms with E-state index in [9.17, 15) is 4.79 Å². The van der Waals surface area contributed by atoms with Gasteiger partial charge in [0.2, 0.25) is 5.95 Å². The number of carbonyl (C=O) groups excluding carboxylic acids is 1. The fourth-order valence-corrected chi connectivity index (χ4v) is 3.68. The Morgan fingerprint density at radius 3 is 2.87 bits per heavy atom. The highest BCUT2D eigenvalue weighted by Gasteiger charge is 2.11. The van der Waals surface area contributed by atoms with Crippen molar-refractivity contribution in [2.24, 2.45) is 0 Å². The molecule has 0 saturated heterocycles. The van der Waals surface area contributed by atoms with E-state index >= 15 is 0 Å². The second-order valence-electron chi connectivity index (χ2n) is 7.21. The average Bonchev–Trinajstić information content (AvgIpc) is 3.39. The SMILES string of the molecule is O=C(Nc1ccc2cn[nH]c2c1)c1ccc2nc(NC(=S)NC3=CCNCC3)[nH]c2c1. The van der Waals surface area contributed by atoms with Gasteiger partial charge in [-0.2, -0.15) is 5.10 Å². The molecule has 1 aliphatic rings. The van der Waals surface area contributed by atoms with Crippen LogP contribution in [0.5, 0.6) is 0 Å². The van der Waals surface area contributed by atoms with E-state index in [1.807, 2.05) is 18.2 Å². The van der Waals surface area contributed by atoms with Crippen LogP contribution in [0.3, 0.4) is 0 Å². The molecule has 10 heteroatoms. The van der Waals surface area contributed by atoms with E-state index in [-0.39, 0.29) is 5.91 Å². The smallest absolute Gasteiger partial charge is 0.255 e. The Morgan fingerprint density at radius 1 is 1.06 bits per heavy atom. The van der Waals surface area contributed by atoms with Crippen LogP contribution in [0, 0.1) is 0 Å². The van der Waals surface area contributed by atoms with Crippen molar-refractivity contribution in [3.8, 4) is 0 Å². The number of imidazole rings is 1. The first-order chi connectivity index (χ1) is 15.1. The number of fused-ring (bicyclic) bond motifs is 2. The summed E-state index contributed by atoms with van der Waals surface area (Å²) in [5.41, 5.74) is 4.64. The number of hydrogen-bond donors (Lipinski definition) is 6. The first-order valence-electron chi connectivity index (χ1n) is 9.86. The number of amides is 1. The van der Waals surface area contributed by atoms with E-state index in [0.29, 0.717) is 22.3 Å². The third-order valence-corrected chi connectivity index (χ3v) is 5.22. The summed E-state index contributed by atoms with van der Waals surface area (Å²) in [6, 6.07) is 10.9. The van der Waals surface area contributed by atoms with Crippen LogP contribution in [0.25, 0.3) is 21.9 Å². The third kappa shape index (κ3) is 4.25. The van der Waals surface area contributed by atoms with Gasteiger partial charge in [-0.3, -0.25) is 9.89 Å². The van der Waals surface area contributed by atoms with Crippen molar-refractivity contribution >= 4 is 56.8 Å². The maximum Gasteiger partial charge on any atom is 0.255 e. The minimum atomic E-state index is -0.208. The molecule has 156 valence electrons. The number of nitrogens with one attached hydrogen (secondary N) is 6. The Morgan fingerprint density at radius 2 is 2.00 bits per heavy atom. The first-order valence-corrected chi connectivity index (χ1v) is 10.3. The topological polar surface area (TPSA) is 123 Å². The Balaban J connectivity index is 1.28. The van der Waals surface area contributed by atoms with Crippen molar-refractivity contribution in [2.45, 2.75) is 6.42 Å². The number of rotatable bonds is 4. The number of H-pyrrole nitrogens is 2. The van der Waals surface area contributed by atoms with Gasteiger partial charge in [0.25, 0.3) is 5.91 Å². The van der Waals surface area contributed by atoms with E-state index in [4.69, 9.17) is 12.2 Å². The molecule has 9 nitrogen and oxygen atoms in total. The standard InChI is InChI=1S/C21H20N8OS/c30-19(24-15-3-1-13-11-23-29-17(13)10-15)12-2-4-16-18(9-12)27-20(26-16)28-21(31)25-14-5-7-22-8-6-14/h1-5,9-11,22H,6-8H2,(H,23,29)(H,24,30)(H3,25,26,27,28,31). The van der Waals surface area contributed by atoms with Crippen LogP contribution in [0.2, 0.25) is 0 Å². The van der Waals surface area contributed by atoms with E-state index in [2.05, 4.69) is 47.5 Å². The predicted octanol–water partition coefficient (Wildman–Crippen LogP) is 2.86. The quantitative estimate of drug-likeness (QED) is 0.274. The summed E-state index contributed by atoms with van der Waals surface area (Å²) in [6.07, 6.45) is 4.71. The molecule has 0 aliphatic carbocycles. The summed E-state index contributed by atoms with van der Waals surface area (Å²) >= 11 is 5.37. The van der Waals surface area contributed by atoms with E-state index < -0.39 is 0 Å². The van der Waals surface area contributed by atoms with Gasteiger partial charge in [-0.1, -0.05) is 6.08 Å². The summed E-state index contributed by atoms with van der Waals surface area (Å²) in [6.45, 7) is 1.75. The van der Waals surface area contributed by atoms with Crippen molar-refractivity contribution in [2.75, 3.05) is 23.7 Å². The van der Waals surface area contributed by atoms with Crippen LogP contribution in [0.4, 0.5) is 11.6 Å². The molecule has 1 aliphatic heterocycles. The van der Waals surface area contributed by atoms with Crippen LogP contribution in [-0.2, 0) is 0 Å². The molecule has 1 amide bonds. The number of anilines is 2. The molecule has 0 spiro atoms. The van der Waals surface area contributed by atoms with E-state index in [1.54, 1.807) is 24.4 Å². The second-order valence-corrected chi connectivity index (χ2v) is 7.61. The predicted molar refractivity (Wildman–Crippen MR) is 125 cm³/mol. The fourth-order valence-electron chi connectivity index (χ4n) is 3.45. The van der Waals surface area contributed by atoms with Gasteiger partial charge in [-0.05, 0) is 55.0 Å². The maximum atomic E-state index is 12.7. The molecule has 2 aromatic heterocycles. The minimum absolute atomic E-state index is 0.208. The Labute approximate surface area is 182 Å². The van der Waals surface area contributed by atoms with Gasteiger partial charge in [0.05, 0.1) is 22.7 Å². The molecule has 0 atom stereocenters. The molecule has 0 unspecified atom stereocenters. The number of aromatic amines is 2. The monoisotopic (exact) mass is 432 g/mol. The molecule has 0 saturated carbocycles. The number of hydrogen-bond acceptors (Lipinski definition) is 5. The van der Waals surface area contributed by atoms with Gasteiger partial charge in [-0.25, -0.2) is 4.98 Å². The fraction of sp³-hybridized carbons (Fsp3) is 0.143. The first kappa shape index (κ1) is 19.2. The van der Waals surface area contributed by atoms with E-state index in [1.165, 1.54) is 0 Å². The zero-order valence-corrected chi connectivity index (χ0v) is 17.3. The van der Waals surface area contributed by atoms with Gasteiger partial charge in [-0.15, -0.1) is 0 Å². The van der Waals surface area contributed by atoms with Crippen LogP contribution < -0.4 is 21.3 Å². The molecule has 0 bridgehead atoms. The molecule has 6 N–H and O–H groups in total. The molecular weight excluding hydrogens is 412 g/mol. The van der Waals surface area contributed by atoms with Crippen LogP contribution in [0.15, 0.2) is 54.4 Å². The van der Waals surface area contributed by atoms with Crippen LogP contribution in [-0.4, -0.2) is 44.3 Å². The highest BCUT2D eigenvalue weighted by molar-refractivity contribution is 7.80. The van der Waals surface area contributed by atoms with Crippen molar-refractivity contribution in [1.82, 2.24) is 30.8 Å². The molecule has 4 aromatic rings. The third-order valence-electron chi connectivity index (χ3n) is 5.01. The number of aromatic nitrogens is 4. The van der Waals surface area contributed by atoms with Crippen molar-refractivity contribution in [1.29, 1.82) is 0 Å². The molecule has 31 heavy (non-hydrogen) atoms. The summed E-state index contributed by atoms with van der Waals surface area (Å²) < 4.78 is 0. The van der Waals surface area contributed by atoms with Crippen molar-refractivity contribution in [3.63, 3.8) is 0 Å². The van der Waals surface area contributed by atoms with Gasteiger partial charge in [0, 0.05) is 35.4 Å². The average molecular weight is 433 g/mol. The molecule has 3 heterocycles. The van der Waals surface area contributed by atoms with Gasteiger partial charge in [0.1, 0.15) is 0 Å². The highest BCUT2D eigenvalue weighted by atomic mass is 32.1. The van der Waals surface area contributed by atoms with Crippen LogP contribution in [0.1, 0.15) is 16.8 Å². The highest BCUT2D eigenvalue weighted by Crippen LogP contribution is 2.20. The summed E-state index contributed by atoms with van der Waals surface area (Å²) in [5, 5.41) is 20.8. The summed E-state index contributed by atoms with van der Waals surface area (Å²) in [4.78, 5) is 20.4. The van der Waals surface area contributed by atoms with Crippen LogP contribution >= 0.6 is 12.2 Å². The molecule has 0 radical (unpaired) electrons. The number of thiocarbonyl (C=S) groups is 1. The Bertz CT molecular complexity index is 1320. The Hall–Kier alpha value is -3.76. The lowest BCUT2D eigenvalue weighted by atomic mass is 10.1. The normalized spacial score (nSPS) is 13.7. The summed E-state index contributed by atoms with van der Waals surface area (Å²) in [5.74, 6) is 0.309. The molecular formula is C21H20N8OS. The van der Waals surface area contributed by atoms with Gasteiger partial charge in [0.15, 0.2) is 5.11 Å².